The van der Waals surface area contributed by atoms with Crippen molar-refractivity contribution in [3.63, 3.8) is 0 Å². The quantitative estimate of drug-likeness (QED) is 0.785. The summed E-state index contributed by atoms with van der Waals surface area (Å²) in [7, 11) is 0. The zero-order valence-electron chi connectivity index (χ0n) is 9.19. The minimum atomic E-state index is -0.672. The van der Waals surface area contributed by atoms with Crippen LogP contribution in [-0.2, 0) is 10.2 Å². The molecule has 16 heavy (non-hydrogen) atoms. The van der Waals surface area contributed by atoms with E-state index in [1.807, 2.05) is 19.1 Å². The van der Waals surface area contributed by atoms with E-state index >= 15 is 0 Å². The first kappa shape index (κ1) is 9.70. The van der Waals surface area contributed by atoms with Crippen LogP contribution < -0.4 is 4.74 Å². The van der Waals surface area contributed by atoms with Crippen LogP contribution in [0.15, 0.2) is 18.2 Å². The van der Waals surface area contributed by atoms with Crippen LogP contribution in [0.2, 0.25) is 0 Å². The third kappa shape index (κ3) is 1.17. The maximum Gasteiger partial charge on any atom is 0.307 e. The lowest BCUT2D eigenvalue weighted by atomic mass is 9.86. The lowest BCUT2D eigenvalue weighted by molar-refractivity contribution is -0.139. The van der Waals surface area contributed by atoms with E-state index in [-0.39, 0.29) is 11.3 Å². The molecule has 2 unspecified atom stereocenters. The largest absolute Gasteiger partial charge is 0.493 e. The van der Waals surface area contributed by atoms with Gasteiger partial charge < -0.3 is 9.84 Å². The summed E-state index contributed by atoms with van der Waals surface area (Å²) in [6.07, 6.45) is 1.60. The van der Waals surface area contributed by atoms with Gasteiger partial charge in [0.25, 0.3) is 0 Å². The van der Waals surface area contributed by atoms with Gasteiger partial charge in [0.1, 0.15) is 5.75 Å². The number of aryl methyl sites for hydroxylation is 1. The highest BCUT2D eigenvalue weighted by Crippen LogP contribution is 2.60. The molecule has 1 heterocycles. The predicted octanol–water partition coefficient (Wildman–Crippen LogP) is 2.12. The third-order valence-electron chi connectivity index (χ3n) is 3.85. The van der Waals surface area contributed by atoms with Crippen molar-refractivity contribution in [2.75, 3.05) is 6.61 Å². The van der Waals surface area contributed by atoms with Crippen LogP contribution >= 0.6 is 0 Å². The van der Waals surface area contributed by atoms with Gasteiger partial charge in [0.05, 0.1) is 12.5 Å². The second kappa shape index (κ2) is 3.00. The fourth-order valence-electron chi connectivity index (χ4n) is 2.84. The van der Waals surface area contributed by atoms with Gasteiger partial charge in [0.2, 0.25) is 0 Å². The monoisotopic (exact) mass is 218 g/mol. The predicted molar refractivity (Wildman–Crippen MR) is 58.7 cm³/mol. The molecule has 3 heteroatoms. The van der Waals surface area contributed by atoms with Crippen LogP contribution in [0.5, 0.6) is 5.75 Å². The van der Waals surface area contributed by atoms with Gasteiger partial charge in [-0.15, -0.1) is 0 Å². The summed E-state index contributed by atoms with van der Waals surface area (Å²) < 4.78 is 5.59. The van der Waals surface area contributed by atoms with Crippen molar-refractivity contribution in [1.82, 2.24) is 0 Å². The number of rotatable bonds is 1. The number of carbonyl (C=O) groups is 1. The third-order valence-corrected chi connectivity index (χ3v) is 3.85. The van der Waals surface area contributed by atoms with Crippen molar-refractivity contribution in [3.8, 4) is 5.75 Å². The Balaban J connectivity index is 2.07. The van der Waals surface area contributed by atoms with E-state index < -0.39 is 5.97 Å². The van der Waals surface area contributed by atoms with Crippen LogP contribution in [0, 0.1) is 12.8 Å². The minimum Gasteiger partial charge on any atom is -0.493 e. The first-order valence-electron chi connectivity index (χ1n) is 5.60. The molecule has 0 bridgehead atoms. The van der Waals surface area contributed by atoms with E-state index in [1.54, 1.807) is 0 Å². The molecule has 0 saturated heterocycles. The van der Waals surface area contributed by atoms with Gasteiger partial charge in [-0.05, 0) is 25.8 Å². The standard InChI is InChI=1S/C13H14O3/c1-8-2-3-11-9(6-8)13(4-5-16-11)7-10(13)12(14)15/h2-3,6,10H,4-5,7H2,1H3,(H,14,15). The van der Waals surface area contributed by atoms with Crippen LogP contribution in [0.3, 0.4) is 0 Å². The van der Waals surface area contributed by atoms with Gasteiger partial charge in [-0.25, -0.2) is 0 Å². The van der Waals surface area contributed by atoms with Crippen molar-refractivity contribution >= 4 is 5.97 Å². The van der Waals surface area contributed by atoms with Gasteiger partial charge in [-0.3, -0.25) is 4.79 Å². The fraction of sp³-hybridized carbons (Fsp3) is 0.462. The molecule has 0 aromatic heterocycles. The highest BCUT2D eigenvalue weighted by Gasteiger charge is 2.61. The van der Waals surface area contributed by atoms with Gasteiger partial charge in [0, 0.05) is 11.0 Å². The van der Waals surface area contributed by atoms with Gasteiger partial charge >= 0.3 is 5.97 Å². The Bertz CT molecular complexity index is 466. The van der Waals surface area contributed by atoms with Crippen LogP contribution in [0.25, 0.3) is 0 Å². The molecule has 1 saturated carbocycles. The normalized spacial score (nSPS) is 30.7. The summed E-state index contributed by atoms with van der Waals surface area (Å²) in [6.45, 7) is 2.67. The number of hydrogen-bond donors (Lipinski definition) is 1. The summed E-state index contributed by atoms with van der Waals surface area (Å²) in [6, 6.07) is 6.05. The molecule has 1 spiro atoms. The van der Waals surface area contributed by atoms with Crippen molar-refractivity contribution in [2.45, 2.75) is 25.2 Å². The van der Waals surface area contributed by atoms with E-state index in [0.29, 0.717) is 6.61 Å². The molecule has 1 aliphatic heterocycles. The van der Waals surface area contributed by atoms with Crippen molar-refractivity contribution in [2.24, 2.45) is 5.92 Å². The molecular formula is C13H14O3. The Morgan fingerprint density at radius 3 is 3.06 bits per heavy atom. The molecule has 84 valence electrons. The molecule has 1 aromatic rings. The van der Waals surface area contributed by atoms with Crippen molar-refractivity contribution in [1.29, 1.82) is 0 Å². The molecule has 1 aliphatic carbocycles. The molecular weight excluding hydrogens is 204 g/mol. The Morgan fingerprint density at radius 2 is 2.38 bits per heavy atom. The van der Waals surface area contributed by atoms with Crippen LogP contribution in [0.1, 0.15) is 24.0 Å². The Hall–Kier alpha value is -1.51. The molecule has 1 N–H and O–H groups in total. The molecule has 3 rings (SSSR count). The molecule has 3 nitrogen and oxygen atoms in total. The Kier molecular flexibility index (Phi) is 1.82. The van der Waals surface area contributed by atoms with Gasteiger partial charge in [-0.1, -0.05) is 17.7 Å². The van der Waals surface area contributed by atoms with E-state index in [2.05, 4.69) is 6.07 Å². The van der Waals surface area contributed by atoms with E-state index in [0.717, 1.165) is 24.2 Å². The lowest BCUT2D eigenvalue weighted by Gasteiger charge is -2.26. The summed E-state index contributed by atoms with van der Waals surface area (Å²) in [5, 5.41) is 9.12. The number of hydrogen-bond acceptors (Lipinski definition) is 2. The van der Waals surface area contributed by atoms with E-state index in [1.165, 1.54) is 5.56 Å². The number of carboxylic acid groups (broad SMARTS) is 1. The topological polar surface area (TPSA) is 46.5 Å². The molecule has 0 amide bonds. The molecule has 1 fully saturated rings. The maximum absolute atomic E-state index is 11.1. The average molecular weight is 218 g/mol. The second-order valence-corrected chi connectivity index (χ2v) is 4.85. The van der Waals surface area contributed by atoms with E-state index in [9.17, 15) is 4.79 Å². The summed E-state index contributed by atoms with van der Waals surface area (Å²) >= 11 is 0. The van der Waals surface area contributed by atoms with Gasteiger partial charge in [0.15, 0.2) is 0 Å². The smallest absolute Gasteiger partial charge is 0.307 e. The average Bonchev–Trinajstić information content (AvgIpc) is 2.96. The SMILES string of the molecule is Cc1ccc2c(c1)C1(CCO2)CC1C(=O)O. The van der Waals surface area contributed by atoms with Crippen LogP contribution in [-0.4, -0.2) is 17.7 Å². The second-order valence-electron chi connectivity index (χ2n) is 4.85. The first-order chi connectivity index (χ1) is 7.63. The minimum absolute atomic E-state index is 0.133. The number of aliphatic carboxylic acids is 1. The zero-order chi connectivity index (χ0) is 11.3. The van der Waals surface area contributed by atoms with Crippen LogP contribution in [0.4, 0.5) is 0 Å². The molecule has 1 aromatic carbocycles. The number of ether oxygens (including phenoxy) is 1. The highest BCUT2D eigenvalue weighted by molar-refractivity contribution is 5.78. The summed E-state index contributed by atoms with van der Waals surface area (Å²) in [5.74, 6) is -0.00749. The number of carboxylic acids is 1. The highest BCUT2D eigenvalue weighted by atomic mass is 16.5. The van der Waals surface area contributed by atoms with Crippen molar-refractivity contribution in [3.05, 3.63) is 29.3 Å². The molecule has 0 radical (unpaired) electrons. The summed E-state index contributed by atoms with van der Waals surface area (Å²) in [5.41, 5.74) is 2.14. The number of benzene rings is 1. The molecule has 2 atom stereocenters. The molecule has 2 aliphatic rings. The maximum atomic E-state index is 11.1. The fourth-order valence-corrected chi connectivity index (χ4v) is 2.84. The lowest BCUT2D eigenvalue weighted by Crippen LogP contribution is -2.24. The van der Waals surface area contributed by atoms with E-state index in [4.69, 9.17) is 9.84 Å². The Morgan fingerprint density at radius 1 is 1.56 bits per heavy atom. The first-order valence-corrected chi connectivity index (χ1v) is 5.60. The summed E-state index contributed by atoms with van der Waals surface area (Å²) in [4.78, 5) is 11.1. The van der Waals surface area contributed by atoms with Gasteiger partial charge in [-0.2, -0.15) is 0 Å². The zero-order valence-corrected chi connectivity index (χ0v) is 9.19. The number of fused-ring (bicyclic) bond motifs is 2. The Labute approximate surface area is 94.0 Å². The van der Waals surface area contributed by atoms with Crippen molar-refractivity contribution < 1.29 is 14.6 Å².